The van der Waals surface area contributed by atoms with E-state index < -0.39 is 0 Å². The topological polar surface area (TPSA) is 26.0 Å². The molecule has 0 aliphatic carbocycles. The molecule has 0 fully saturated rings. The van der Waals surface area contributed by atoms with E-state index in [2.05, 4.69) is 211 Å². The number of pyridine rings is 1. The van der Waals surface area contributed by atoms with E-state index in [4.69, 9.17) is 4.42 Å². The van der Waals surface area contributed by atoms with E-state index in [1.54, 1.807) is 0 Å². The molecule has 2 heterocycles. The maximum absolute atomic E-state index is 6.37. The predicted molar refractivity (Wildman–Crippen MR) is 257 cm³/mol. The first kappa shape index (κ1) is 34.9. The van der Waals surface area contributed by atoms with Crippen molar-refractivity contribution >= 4 is 54.3 Å². The van der Waals surface area contributed by atoms with Crippen molar-refractivity contribution in [2.24, 2.45) is 0 Å². The van der Waals surface area contributed by atoms with Gasteiger partial charge in [-0.05, 0) is 124 Å². The summed E-state index contributed by atoms with van der Waals surface area (Å²) in [4.78, 5) is 4.36. The summed E-state index contributed by atoms with van der Waals surface area (Å²) in [6.07, 6.45) is 3.72. The van der Waals surface area contributed by atoms with Crippen LogP contribution in [0.2, 0.25) is 0 Å². The van der Waals surface area contributed by atoms with Gasteiger partial charge in [-0.3, -0.25) is 4.98 Å². The number of rotatable bonds is 6. The van der Waals surface area contributed by atoms with E-state index in [-0.39, 0.29) is 0 Å². The maximum atomic E-state index is 6.37. The zero-order chi connectivity index (χ0) is 40.3. The fourth-order valence-electron chi connectivity index (χ4n) is 9.65. The third-order valence-corrected chi connectivity index (χ3v) is 12.4. The number of aromatic nitrogens is 1. The average molecular weight is 776 g/mol. The van der Waals surface area contributed by atoms with Gasteiger partial charge in [0.15, 0.2) is 0 Å². The van der Waals surface area contributed by atoms with Gasteiger partial charge < -0.3 is 4.42 Å². The number of hydrogen-bond donors (Lipinski definition) is 0. The van der Waals surface area contributed by atoms with Gasteiger partial charge in [-0.25, -0.2) is 0 Å². The highest BCUT2D eigenvalue weighted by atomic mass is 16.3. The number of hydrogen-bond acceptors (Lipinski definition) is 2. The van der Waals surface area contributed by atoms with Crippen LogP contribution >= 0.6 is 0 Å². The van der Waals surface area contributed by atoms with Crippen LogP contribution in [0.4, 0.5) is 0 Å². The highest BCUT2D eigenvalue weighted by Crippen LogP contribution is 2.50. The summed E-state index contributed by atoms with van der Waals surface area (Å²) >= 11 is 0. The molecular formula is C59H37NO. The number of nitrogens with zero attached hydrogens (tertiary/aromatic N) is 1. The van der Waals surface area contributed by atoms with Crippen molar-refractivity contribution in [2.75, 3.05) is 0 Å². The molecule has 0 saturated carbocycles. The zero-order valence-corrected chi connectivity index (χ0v) is 33.2. The minimum Gasteiger partial charge on any atom is -0.456 e. The summed E-state index contributed by atoms with van der Waals surface area (Å²) in [5, 5.41) is 9.54. The summed E-state index contributed by atoms with van der Waals surface area (Å²) in [5.74, 6) is 0. The van der Waals surface area contributed by atoms with Gasteiger partial charge in [0.1, 0.15) is 11.2 Å². The smallest absolute Gasteiger partial charge is 0.135 e. The van der Waals surface area contributed by atoms with Gasteiger partial charge in [0.05, 0.1) is 0 Å². The van der Waals surface area contributed by atoms with Crippen molar-refractivity contribution in [1.29, 1.82) is 0 Å². The van der Waals surface area contributed by atoms with Crippen LogP contribution in [0.3, 0.4) is 0 Å². The standard InChI is InChI=1S/C59H37NO/c1-3-15-38(16-4-1)44-26-13-27-45(39-17-5-2-6-18-39)58(44)59-50-24-11-9-22-48(50)57(49-23-10-12-25-51(49)59)52-31-30-43(46-20-7-8-21-47(46)52)41-29-33-56-54(36-41)53-35-40(28-32-55(53)61-56)42-19-14-34-60-37-42/h1-37H. The molecule has 0 bridgehead atoms. The van der Waals surface area contributed by atoms with Gasteiger partial charge in [-0.1, -0.05) is 182 Å². The molecule has 12 rings (SSSR count). The van der Waals surface area contributed by atoms with Crippen molar-refractivity contribution in [3.05, 3.63) is 225 Å². The lowest BCUT2D eigenvalue weighted by Crippen LogP contribution is -1.96. The van der Waals surface area contributed by atoms with Crippen LogP contribution in [0.5, 0.6) is 0 Å². The molecule has 0 unspecified atom stereocenters. The highest BCUT2D eigenvalue weighted by molar-refractivity contribution is 6.26. The first-order valence-corrected chi connectivity index (χ1v) is 20.9. The first-order valence-electron chi connectivity index (χ1n) is 20.9. The molecule has 2 nitrogen and oxygen atoms in total. The lowest BCUT2D eigenvalue weighted by atomic mass is 9.80. The van der Waals surface area contributed by atoms with Crippen LogP contribution in [0.25, 0.3) is 121 Å². The van der Waals surface area contributed by atoms with E-state index in [0.29, 0.717) is 0 Å². The van der Waals surface area contributed by atoms with Gasteiger partial charge in [-0.2, -0.15) is 0 Å². The van der Waals surface area contributed by atoms with Crippen LogP contribution in [0, 0.1) is 0 Å². The SMILES string of the molecule is c1ccc(-c2cccc(-c3ccccc3)c2-c2c3ccccc3c(-c3ccc(-c4ccc5oc6ccc(-c7cccnc7)cc6c5c4)c4ccccc34)c3ccccc23)cc1. The Kier molecular flexibility index (Phi) is 8.21. The second kappa shape index (κ2) is 14.3. The Labute approximate surface area is 353 Å². The average Bonchev–Trinajstić information content (AvgIpc) is 3.71. The summed E-state index contributed by atoms with van der Waals surface area (Å²) in [7, 11) is 0. The Morgan fingerprint density at radius 1 is 0.262 bits per heavy atom. The van der Waals surface area contributed by atoms with E-state index >= 15 is 0 Å². The molecule has 0 spiro atoms. The van der Waals surface area contributed by atoms with Crippen molar-refractivity contribution in [3.63, 3.8) is 0 Å². The molecule has 0 N–H and O–H groups in total. The summed E-state index contributed by atoms with van der Waals surface area (Å²) in [6.45, 7) is 0. The Morgan fingerprint density at radius 3 is 1.31 bits per heavy atom. The third kappa shape index (κ3) is 5.76. The van der Waals surface area contributed by atoms with Gasteiger partial charge >= 0.3 is 0 Å². The lowest BCUT2D eigenvalue weighted by molar-refractivity contribution is 0.669. The quantitative estimate of drug-likeness (QED) is 0.157. The van der Waals surface area contributed by atoms with E-state index in [1.807, 2.05) is 18.5 Å². The fourth-order valence-corrected chi connectivity index (χ4v) is 9.65. The minimum atomic E-state index is 0.879. The van der Waals surface area contributed by atoms with Crippen molar-refractivity contribution in [3.8, 4) is 66.8 Å². The van der Waals surface area contributed by atoms with Crippen molar-refractivity contribution < 1.29 is 4.42 Å². The van der Waals surface area contributed by atoms with E-state index in [1.165, 1.54) is 82.4 Å². The van der Waals surface area contributed by atoms with E-state index in [9.17, 15) is 0 Å². The van der Waals surface area contributed by atoms with Gasteiger partial charge in [0, 0.05) is 28.7 Å². The highest BCUT2D eigenvalue weighted by Gasteiger charge is 2.23. The summed E-state index contributed by atoms with van der Waals surface area (Å²) in [6, 6.07) is 77.1. The Balaban J connectivity index is 1.09. The van der Waals surface area contributed by atoms with Crippen LogP contribution < -0.4 is 0 Å². The van der Waals surface area contributed by atoms with Crippen LogP contribution in [-0.4, -0.2) is 4.98 Å². The number of furan rings is 1. The van der Waals surface area contributed by atoms with Gasteiger partial charge in [0.25, 0.3) is 0 Å². The number of benzene rings is 10. The molecule has 61 heavy (non-hydrogen) atoms. The molecule has 2 heteroatoms. The van der Waals surface area contributed by atoms with Crippen LogP contribution in [0.15, 0.2) is 229 Å². The Morgan fingerprint density at radius 2 is 0.738 bits per heavy atom. The minimum absolute atomic E-state index is 0.879. The second-order valence-corrected chi connectivity index (χ2v) is 15.8. The second-order valence-electron chi connectivity index (χ2n) is 15.8. The number of fused-ring (bicyclic) bond motifs is 6. The molecule has 0 amide bonds. The molecule has 2 aromatic heterocycles. The van der Waals surface area contributed by atoms with Crippen LogP contribution in [-0.2, 0) is 0 Å². The molecule has 0 saturated heterocycles. The van der Waals surface area contributed by atoms with Gasteiger partial charge in [-0.15, -0.1) is 0 Å². The van der Waals surface area contributed by atoms with E-state index in [0.717, 1.165) is 38.6 Å². The molecule has 0 aliphatic rings. The molecule has 0 aliphatic heterocycles. The Hall–Kier alpha value is -8.07. The first-order chi connectivity index (χ1) is 30.3. The molecule has 0 radical (unpaired) electrons. The molecule has 12 aromatic rings. The zero-order valence-electron chi connectivity index (χ0n) is 33.2. The lowest BCUT2D eigenvalue weighted by Gasteiger charge is -2.23. The predicted octanol–water partition coefficient (Wildman–Crippen LogP) is 16.4. The third-order valence-electron chi connectivity index (χ3n) is 12.4. The molecular weight excluding hydrogens is 739 g/mol. The largest absolute Gasteiger partial charge is 0.456 e. The monoisotopic (exact) mass is 775 g/mol. The molecule has 284 valence electrons. The summed E-state index contributed by atoms with van der Waals surface area (Å²) in [5.41, 5.74) is 16.1. The maximum Gasteiger partial charge on any atom is 0.135 e. The fraction of sp³-hybridized carbons (Fsp3) is 0. The summed E-state index contributed by atoms with van der Waals surface area (Å²) < 4.78 is 6.37. The van der Waals surface area contributed by atoms with Crippen molar-refractivity contribution in [1.82, 2.24) is 4.98 Å². The van der Waals surface area contributed by atoms with Gasteiger partial charge in [0.2, 0.25) is 0 Å². The molecule has 0 atom stereocenters. The molecule has 10 aromatic carbocycles. The van der Waals surface area contributed by atoms with Crippen molar-refractivity contribution in [2.45, 2.75) is 0 Å². The Bertz CT molecular complexity index is 3510. The van der Waals surface area contributed by atoms with Crippen LogP contribution in [0.1, 0.15) is 0 Å². The normalized spacial score (nSPS) is 11.6.